The van der Waals surface area contributed by atoms with Crippen LogP contribution in [0.5, 0.6) is 0 Å². The lowest BCUT2D eigenvalue weighted by atomic mass is 9.68. The Labute approximate surface area is 546 Å². The molecule has 0 aromatic rings. The molecule has 1 nitrogen and oxygen atoms in total. The molecule has 4 aliphatic rings. The molecule has 0 aromatic heterocycles. The van der Waals surface area contributed by atoms with Crippen LogP contribution in [0.4, 0.5) is 4.39 Å². The predicted molar refractivity (Wildman–Crippen MR) is 399 cm³/mol. The molecule has 4 fully saturated rings. The molecule has 522 valence electrons. The van der Waals surface area contributed by atoms with Gasteiger partial charge in [0.15, 0.2) is 0 Å². The maximum absolute atomic E-state index is 12.3. The van der Waals surface area contributed by atoms with Crippen LogP contribution in [0.2, 0.25) is 0 Å². The summed E-state index contributed by atoms with van der Waals surface area (Å²) in [7, 11) is 0. The van der Waals surface area contributed by atoms with E-state index in [9.17, 15) is 4.39 Å². The van der Waals surface area contributed by atoms with Crippen molar-refractivity contribution in [3.8, 4) is 6.07 Å². The standard InChI is InChI=1S/C9H18.C9H20.C8H17F.C8H13N.C8H16.4C8H18.C7H14.2CH4/c1-5-9(6-7-9)8(2,3)4;1-7-9(5,6)8(2,3)4;1-7(2,3)8(4,5)6-9;1-7(2,3)8(6-9)4-5-8;1-8(2,3)7-5-4-6-7;4*1-7(2,3)8(4,5)6;1-7(2,3)6-4-5-6;;/h5-7H2,1-4H3;7H2,1-6H3;6H2,1-5H3;4-5H2,1-3H3;7H,4-6H2,1-3H3;4*1-6H3;6H,4-5H2,1-3H3;2*1H4. The van der Waals surface area contributed by atoms with Crippen LogP contribution in [0.3, 0.4) is 0 Å². The summed E-state index contributed by atoms with van der Waals surface area (Å²) in [6.45, 7) is 108. The van der Waals surface area contributed by atoms with E-state index in [0.29, 0.717) is 70.4 Å². The van der Waals surface area contributed by atoms with E-state index in [4.69, 9.17) is 5.26 Å². The molecular weight excluding hydrogens is 1030 g/mol. The molecule has 0 N–H and O–H groups in total. The van der Waals surface area contributed by atoms with Crippen LogP contribution in [0, 0.1) is 121 Å². The highest BCUT2D eigenvalue weighted by atomic mass is 19.1. The minimum absolute atomic E-state index is 0. The van der Waals surface area contributed by atoms with E-state index < -0.39 is 0 Å². The highest BCUT2D eigenvalue weighted by Crippen LogP contribution is 2.60. The molecule has 0 atom stereocenters. The number of nitrogens with zero attached hydrogens (tertiary/aromatic N) is 1. The molecule has 0 radical (unpaired) electrons. The zero-order valence-corrected chi connectivity index (χ0v) is 68.0. The fraction of sp³-hybridized carbons (Fsp3) is 0.988. The molecule has 0 aromatic carbocycles. The number of rotatable bonds is 3. The molecule has 0 amide bonds. The van der Waals surface area contributed by atoms with Gasteiger partial charge < -0.3 is 0 Å². The monoisotopic (exact) mass is 1210 g/mol. The minimum Gasteiger partial charge on any atom is -0.250 e. The van der Waals surface area contributed by atoms with Crippen molar-refractivity contribution in [3.05, 3.63) is 0 Å². The van der Waals surface area contributed by atoms with Gasteiger partial charge in [-0.05, 0) is 162 Å². The van der Waals surface area contributed by atoms with E-state index >= 15 is 0 Å². The van der Waals surface area contributed by atoms with Gasteiger partial charge in [0.05, 0.1) is 18.2 Å². The maximum atomic E-state index is 12.3. The van der Waals surface area contributed by atoms with Gasteiger partial charge in [-0.2, -0.15) is 5.26 Å². The van der Waals surface area contributed by atoms with Crippen LogP contribution in [-0.2, 0) is 0 Å². The first kappa shape index (κ1) is 101. The first-order valence-electron chi connectivity index (χ1n) is 34.3. The van der Waals surface area contributed by atoms with E-state index in [2.05, 4.69) is 325 Å². The van der Waals surface area contributed by atoms with Crippen molar-refractivity contribution in [2.24, 2.45) is 109 Å². The van der Waals surface area contributed by atoms with Gasteiger partial charge in [-0.1, -0.05) is 360 Å². The second-order valence-corrected chi connectivity index (χ2v) is 42.7. The quantitative estimate of drug-likeness (QED) is 0.276. The van der Waals surface area contributed by atoms with Gasteiger partial charge in [0.2, 0.25) is 0 Å². The molecule has 0 spiro atoms. The maximum Gasteiger partial charge on any atom is 0.0950 e. The Balaban J connectivity index is -0.000000129. The third kappa shape index (κ3) is 42.2. The SMILES string of the molecule is C.C.CC(C)(C)C(C)(C)C.CC(C)(C)C(C)(C)C.CC(C)(C)C(C)(C)C.CC(C)(C)C(C)(C)C.CC(C)(C)C(C)(C)CF.CC(C)(C)C1(C#N)CC1.CC(C)(C)C1CC1.CC(C)(C)C1CCC1.CCC(C)(C)C(C)(C)C.CCC1(C(C)(C)C)CC1. The van der Waals surface area contributed by atoms with Gasteiger partial charge >= 0.3 is 0 Å². The van der Waals surface area contributed by atoms with Crippen molar-refractivity contribution in [1.82, 2.24) is 0 Å². The van der Waals surface area contributed by atoms with Crippen LogP contribution in [0.1, 0.15) is 418 Å². The normalized spacial score (nSPS) is 17.3. The lowest BCUT2D eigenvalue weighted by Gasteiger charge is -2.37. The molecule has 0 saturated heterocycles. The highest BCUT2D eigenvalue weighted by Gasteiger charge is 2.52. The van der Waals surface area contributed by atoms with E-state index in [1.54, 1.807) is 0 Å². The van der Waals surface area contributed by atoms with Gasteiger partial charge in [0.1, 0.15) is 0 Å². The molecule has 0 aliphatic heterocycles. The Kier molecular flexibility index (Phi) is 42.0. The minimum atomic E-state index is -0.240. The summed E-state index contributed by atoms with van der Waals surface area (Å²) in [6.07, 6.45) is 15.1. The zero-order valence-electron chi connectivity index (χ0n) is 68.0. The topological polar surface area (TPSA) is 23.8 Å². The Morgan fingerprint density at radius 1 is 0.329 bits per heavy atom. The smallest absolute Gasteiger partial charge is 0.0950 e. The van der Waals surface area contributed by atoms with Gasteiger partial charge in [-0.15, -0.1) is 0 Å². The van der Waals surface area contributed by atoms with Crippen molar-refractivity contribution < 1.29 is 4.39 Å². The third-order valence-corrected chi connectivity index (χ3v) is 23.9. The van der Waals surface area contributed by atoms with Crippen molar-refractivity contribution in [3.63, 3.8) is 0 Å². The Bertz CT molecular complexity index is 1510. The molecule has 2 heteroatoms. The predicted octanol–water partition coefficient (Wildman–Crippen LogP) is 30.9. The molecular formula is C83H178FN. The van der Waals surface area contributed by atoms with Crippen molar-refractivity contribution >= 4 is 0 Å². The summed E-state index contributed by atoms with van der Waals surface area (Å²) in [4.78, 5) is 0. The molecule has 0 bridgehead atoms. The second kappa shape index (κ2) is 35.5. The summed E-state index contributed by atoms with van der Waals surface area (Å²) in [5, 5.41) is 8.74. The van der Waals surface area contributed by atoms with Crippen LogP contribution in [-0.4, -0.2) is 6.67 Å². The average Bonchev–Trinajstić information content (AvgIpc) is 4.02. The van der Waals surface area contributed by atoms with E-state index in [1.165, 1.54) is 57.8 Å². The van der Waals surface area contributed by atoms with Crippen LogP contribution >= 0.6 is 0 Å². The van der Waals surface area contributed by atoms with Crippen LogP contribution < -0.4 is 0 Å². The van der Waals surface area contributed by atoms with Crippen molar-refractivity contribution in [2.45, 2.75) is 418 Å². The summed E-state index contributed by atoms with van der Waals surface area (Å²) < 4.78 is 12.3. The number of hydrogen-bond donors (Lipinski definition) is 0. The third-order valence-electron chi connectivity index (χ3n) is 23.9. The number of alkyl halides is 1. The summed E-state index contributed by atoms with van der Waals surface area (Å²) in [5.41, 5.74) is 7.03. The lowest BCUT2D eigenvalue weighted by Crippen LogP contribution is -2.31. The largest absolute Gasteiger partial charge is 0.250 e. The van der Waals surface area contributed by atoms with Crippen LogP contribution in [0.25, 0.3) is 0 Å². The molecule has 4 aliphatic carbocycles. The number of halogens is 1. The first-order valence-corrected chi connectivity index (χ1v) is 34.3. The van der Waals surface area contributed by atoms with Crippen molar-refractivity contribution in [2.75, 3.05) is 6.67 Å². The van der Waals surface area contributed by atoms with E-state index in [-0.39, 0.29) is 43.2 Å². The molecule has 4 rings (SSSR count). The van der Waals surface area contributed by atoms with E-state index in [1.807, 2.05) is 13.8 Å². The first-order chi connectivity index (χ1) is 35.4. The Morgan fingerprint density at radius 2 is 0.553 bits per heavy atom. The second-order valence-electron chi connectivity index (χ2n) is 42.7. The summed E-state index contributed by atoms with van der Waals surface area (Å²) in [5.74, 6) is 2.08. The average molecular weight is 1210 g/mol. The number of hydrogen-bond acceptors (Lipinski definition) is 1. The molecule has 0 unspecified atom stereocenters. The fourth-order valence-electron chi connectivity index (χ4n) is 5.89. The fourth-order valence-corrected chi connectivity index (χ4v) is 5.89. The molecule has 85 heavy (non-hydrogen) atoms. The Hall–Kier alpha value is -0.580. The number of nitriles is 1. The molecule has 0 heterocycles. The summed E-state index contributed by atoms with van der Waals surface area (Å²) >= 11 is 0. The van der Waals surface area contributed by atoms with Gasteiger partial charge in [-0.25, -0.2) is 0 Å². The van der Waals surface area contributed by atoms with E-state index in [0.717, 1.165) is 30.1 Å². The van der Waals surface area contributed by atoms with Crippen molar-refractivity contribution in [1.29, 1.82) is 5.26 Å². The zero-order chi connectivity index (χ0) is 69.3. The summed E-state index contributed by atoms with van der Waals surface area (Å²) in [6, 6.07) is 2.39. The Morgan fingerprint density at radius 3 is 0.553 bits per heavy atom. The highest BCUT2D eigenvalue weighted by molar-refractivity contribution is 5.15. The van der Waals surface area contributed by atoms with Gasteiger partial charge in [0, 0.05) is 0 Å². The van der Waals surface area contributed by atoms with Gasteiger partial charge in [-0.3, -0.25) is 4.39 Å². The lowest BCUT2D eigenvalue weighted by molar-refractivity contribution is 0.0943. The molecule has 4 saturated carbocycles. The van der Waals surface area contributed by atoms with Gasteiger partial charge in [0.25, 0.3) is 0 Å². The van der Waals surface area contributed by atoms with Crippen LogP contribution in [0.15, 0.2) is 0 Å².